The highest BCUT2D eigenvalue weighted by Gasteiger charge is 2.19. The number of aromatic nitrogens is 2. The molecular weight excluding hydrogens is 424 g/mol. The van der Waals surface area contributed by atoms with E-state index in [4.69, 9.17) is 4.18 Å². The largest absolute Gasteiger partial charge is 0.378 e. The fourth-order valence-corrected chi connectivity index (χ4v) is 3.99. The number of carbonyl (C=O) groups is 1. The van der Waals surface area contributed by atoms with E-state index in [0.717, 1.165) is 5.01 Å². The smallest absolute Gasteiger partial charge is 0.339 e. The van der Waals surface area contributed by atoms with Crippen LogP contribution in [0.4, 0.5) is 5.13 Å². The molecule has 1 heterocycles. The van der Waals surface area contributed by atoms with E-state index in [2.05, 4.69) is 15.5 Å². The van der Waals surface area contributed by atoms with Gasteiger partial charge < -0.3 is 4.18 Å². The van der Waals surface area contributed by atoms with Crippen LogP contribution in [0.1, 0.15) is 17.5 Å². The number of carbonyl (C=O) groups excluding carboxylic acids is 1. The van der Waals surface area contributed by atoms with Crippen LogP contribution >= 0.6 is 11.3 Å². The van der Waals surface area contributed by atoms with E-state index in [1.807, 2.05) is 13.0 Å². The zero-order valence-corrected chi connectivity index (χ0v) is 17.4. The number of hydrogen-bond donors (Lipinski definition) is 1. The number of rotatable bonds is 7. The molecule has 8 nitrogen and oxygen atoms in total. The lowest BCUT2D eigenvalue weighted by molar-refractivity contribution is -0.112. The number of benzene rings is 2. The first-order valence-corrected chi connectivity index (χ1v) is 11.0. The Bertz CT molecular complexity index is 1230. The third-order valence-corrected chi connectivity index (χ3v) is 6.04. The number of para-hydroxylation sites is 1. The maximum atomic E-state index is 12.5. The standard InChI is InChI=1S/C20H16N4O4S2/c1-2-18-23-24-20(29-18)22-19(25)15(13-21)12-14-8-6-7-11-17(14)28-30(26,27)16-9-4-3-5-10-16/h3-12H,2H2,1H3,(H,22,24,25)/b15-12+. The van der Waals surface area contributed by atoms with Gasteiger partial charge in [0.2, 0.25) is 5.13 Å². The number of nitrogens with zero attached hydrogens (tertiary/aromatic N) is 3. The maximum absolute atomic E-state index is 12.5. The summed E-state index contributed by atoms with van der Waals surface area (Å²) in [6, 6.07) is 15.7. The quantitative estimate of drug-likeness (QED) is 0.339. The van der Waals surface area contributed by atoms with Gasteiger partial charge in [-0.25, -0.2) is 0 Å². The minimum absolute atomic E-state index is 0.00825. The lowest BCUT2D eigenvalue weighted by atomic mass is 10.1. The van der Waals surface area contributed by atoms with Gasteiger partial charge >= 0.3 is 10.1 Å². The summed E-state index contributed by atoms with van der Waals surface area (Å²) < 4.78 is 30.3. The molecule has 1 aromatic heterocycles. The first kappa shape index (κ1) is 21.2. The minimum Gasteiger partial charge on any atom is -0.378 e. The van der Waals surface area contributed by atoms with Crippen LogP contribution in [0.5, 0.6) is 5.75 Å². The van der Waals surface area contributed by atoms with Crippen molar-refractivity contribution in [2.45, 2.75) is 18.2 Å². The summed E-state index contributed by atoms with van der Waals surface area (Å²) in [6.45, 7) is 1.91. The number of anilines is 1. The predicted molar refractivity (Wildman–Crippen MR) is 112 cm³/mol. The van der Waals surface area contributed by atoms with Crippen LogP contribution in [0.2, 0.25) is 0 Å². The molecule has 3 rings (SSSR count). The molecule has 0 saturated carbocycles. The molecule has 10 heteroatoms. The minimum atomic E-state index is -4.08. The Morgan fingerprint density at radius 3 is 2.53 bits per heavy atom. The van der Waals surface area contributed by atoms with Crippen molar-refractivity contribution in [2.24, 2.45) is 0 Å². The number of nitrogens with one attached hydrogen (secondary N) is 1. The van der Waals surface area contributed by atoms with E-state index in [1.165, 1.54) is 35.6 Å². The Morgan fingerprint density at radius 2 is 1.87 bits per heavy atom. The van der Waals surface area contributed by atoms with Gasteiger partial charge in [0, 0.05) is 5.56 Å². The molecule has 0 fully saturated rings. The van der Waals surface area contributed by atoms with Crippen LogP contribution in [0.15, 0.2) is 65.1 Å². The molecule has 0 bridgehead atoms. The second-order valence-electron chi connectivity index (χ2n) is 5.87. The van der Waals surface area contributed by atoms with E-state index in [1.54, 1.807) is 36.4 Å². The molecule has 0 atom stereocenters. The summed E-state index contributed by atoms with van der Waals surface area (Å²) in [6.07, 6.45) is 1.93. The van der Waals surface area contributed by atoms with E-state index >= 15 is 0 Å². The fraction of sp³-hybridized carbons (Fsp3) is 0.100. The summed E-state index contributed by atoms with van der Waals surface area (Å²) in [5.74, 6) is -0.692. The number of hydrogen-bond acceptors (Lipinski definition) is 8. The zero-order valence-electron chi connectivity index (χ0n) is 15.8. The van der Waals surface area contributed by atoms with Crippen molar-refractivity contribution in [3.8, 4) is 11.8 Å². The maximum Gasteiger partial charge on any atom is 0.339 e. The van der Waals surface area contributed by atoms with Crippen molar-refractivity contribution >= 4 is 38.6 Å². The molecule has 1 N–H and O–H groups in total. The highest BCUT2D eigenvalue weighted by Crippen LogP contribution is 2.25. The molecule has 152 valence electrons. The summed E-state index contributed by atoms with van der Waals surface area (Å²) >= 11 is 1.21. The van der Waals surface area contributed by atoms with Gasteiger partial charge in [0.1, 0.15) is 27.3 Å². The summed E-state index contributed by atoms with van der Waals surface area (Å²) in [4.78, 5) is 12.4. The number of aryl methyl sites for hydroxylation is 1. The monoisotopic (exact) mass is 440 g/mol. The SMILES string of the molecule is CCc1nnc(NC(=O)/C(C#N)=C/c2ccccc2OS(=O)(=O)c2ccccc2)s1. The molecule has 30 heavy (non-hydrogen) atoms. The topological polar surface area (TPSA) is 122 Å². The normalized spacial score (nSPS) is 11.5. The van der Waals surface area contributed by atoms with Gasteiger partial charge in [-0.2, -0.15) is 13.7 Å². The van der Waals surface area contributed by atoms with Gasteiger partial charge in [0.15, 0.2) is 0 Å². The molecule has 2 aromatic carbocycles. The van der Waals surface area contributed by atoms with Crippen LogP contribution in [-0.2, 0) is 21.3 Å². The van der Waals surface area contributed by atoms with Crippen LogP contribution in [0, 0.1) is 11.3 Å². The van der Waals surface area contributed by atoms with Crippen molar-refractivity contribution in [2.75, 3.05) is 5.32 Å². The highest BCUT2D eigenvalue weighted by atomic mass is 32.2. The molecular formula is C20H16N4O4S2. The van der Waals surface area contributed by atoms with Crippen molar-refractivity contribution in [3.63, 3.8) is 0 Å². The van der Waals surface area contributed by atoms with Crippen LogP contribution in [0.25, 0.3) is 6.08 Å². The van der Waals surface area contributed by atoms with E-state index < -0.39 is 16.0 Å². The second-order valence-corrected chi connectivity index (χ2v) is 8.48. The lowest BCUT2D eigenvalue weighted by Gasteiger charge is -2.10. The molecule has 1 amide bonds. The summed E-state index contributed by atoms with van der Waals surface area (Å²) in [7, 11) is -4.08. The number of nitriles is 1. The third kappa shape index (κ3) is 5.08. The van der Waals surface area contributed by atoms with Gasteiger partial charge in [0.25, 0.3) is 5.91 Å². The van der Waals surface area contributed by atoms with Crippen LogP contribution in [0.3, 0.4) is 0 Å². The number of amides is 1. The summed E-state index contributed by atoms with van der Waals surface area (Å²) in [5.41, 5.74) is 0.0200. The Hall–Kier alpha value is -3.55. The third-order valence-electron chi connectivity index (χ3n) is 3.81. The van der Waals surface area contributed by atoms with Crippen molar-refractivity contribution < 1.29 is 17.4 Å². The van der Waals surface area contributed by atoms with Gasteiger partial charge in [-0.3, -0.25) is 10.1 Å². The molecule has 0 unspecified atom stereocenters. The van der Waals surface area contributed by atoms with Gasteiger partial charge in [-0.05, 0) is 30.7 Å². The van der Waals surface area contributed by atoms with Crippen molar-refractivity contribution in [1.29, 1.82) is 5.26 Å². The predicted octanol–water partition coefficient (Wildman–Crippen LogP) is 3.41. The Labute approximate surface area is 177 Å². The van der Waals surface area contributed by atoms with E-state index in [9.17, 15) is 18.5 Å². The lowest BCUT2D eigenvalue weighted by Crippen LogP contribution is -2.13. The zero-order chi connectivity index (χ0) is 21.6. The van der Waals surface area contributed by atoms with Gasteiger partial charge in [-0.15, -0.1) is 10.2 Å². The first-order chi connectivity index (χ1) is 14.4. The van der Waals surface area contributed by atoms with E-state index in [-0.39, 0.29) is 26.9 Å². The molecule has 0 saturated heterocycles. The molecule has 3 aromatic rings. The van der Waals surface area contributed by atoms with Gasteiger partial charge in [-0.1, -0.05) is 54.7 Å². The van der Waals surface area contributed by atoms with Crippen LogP contribution in [-0.4, -0.2) is 24.5 Å². The molecule has 0 aliphatic carbocycles. The van der Waals surface area contributed by atoms with Crippen molar-refractivity contribution in [1.82, 2.24) is 10.2 Å². The average Bonchev–Trinajstić information content (AvgIpc) is 3.21. The molecule has 0 aliphatic rings. The van der Waals surface area contributed by atoms with Crippen LogP contribution < -0.4 is 9.50 Å². The van der Waals surface area contributed by atoms with E-state index in [0.29, 0.717) is 6.42 Å². The molecule has 0 spiro atoms. The second kappa shape index (κ2) is 9.30. The fourth-order valence-electron chi connectivity index (χ4n) is 2.34. The Kier molecular flexibility index (Phi) is 6.56. The Balaban J connectivity index is 1.87. The average molecular weight is 441 g/mol. The first-order valence-electron chi connectivity index (χ1n) is 8.77. The highest BCUT2D eigenvalue weighted by molar-refractivity contribution is 7.87. The summed E-state index contributed by atoms with van der Waals surface area (Å²) in [5, 5.41) is 20.7. The molecule has 0 radical (unpaired) electrons. The van der Waals surface area contributed by atoms with Gasteiger partial charge in [0.05, 0.1) is 0 Å². The molecule has 0 aliphatic heterocycles. The Morgan fingerprint density at radius 1 is 1.17 bits per heavy atom. The van der Waals surface area contributed by atoms with Crippen molar-refractivity contribution in [3.05, 3.63) is 70.7 Å².